The van der Waals surface area contributed by atoms with Crippen LogP contribution in [0, 0.1) is 17.2 Å². The van der Waals surface area contributed by atoms with E-state index < -0.39 is 6.04 Å². The van der Waals surface area contributed by atoms with Gasteiger partial charge in [0, 0.05) is 13.0 Å². The molecule has 0 N–H and O–H groups in total. The van der Waals surface area contributed by atoms with Crippen molar-refractivity contribution in [1.29, 1.82) is 5.26 Å². The van der Waals surface area contributed by atoms with E-state index in [4.69, 9.17) is 0 Å². The van der Waals surface area contributed by atoms with Crippen molar-refractivity contribution in [3.8, 4) is 6.07 Å². The molecule has 0 aliphatic heterocycles. The van der Waals surface area contributed by atoms with E-state index in [1.54, 1.807) is 11.9 Å². The van der Waals surface area contributed by atoms with Crippen LogP contribution >= 0.6 is 0 Å². The van der Waals surface area contributed by atoms with E-state index in [9.17, 15) is 10.1 Å². The van der Waals surface area contributed by atoms with Gasteiger partial charge in [-0.2, -0.15) is 5.26 Å². The molecule has 1 saturated carbocycles. The summed E-state index contributed by atoms with van der Waals surface area (Å²) in [6.07, 6.45) is 1.93. The normalized spacial score (nSPS) is 16.4. The fourth-order valence-corrected chi connectivity index (χ4v) is 2.30. The summed E-state index contributed by atoms with van der Waals surface area (Å²) in [6.45, 7) is 6.48. The van der Waals surface area contributed by atoms with Crippen LogP contribution < -0.4 is 0 Å². The van der Waals surface area contributed by atoms with Gasteiger partial charge in [0.25, 0.3) is 0 Å². The monoisotopic (exact) mass is 270 g/mol. The van der Waals surface area contributed by atoms with Crippen molar-refractivity contribution in [2.45, 2.75) is 45.1 Å². The molecule has 106 valence electrons. The van der Waals surface area contributed by atoms with Crippen molar-refractivity contribution >= 4 is 5.91 Å². The molecule has 0 spiro atoms. The largest absolute Gasteiger partial charge is 0.326 e. The highest BCUT2D eigenvalue weighted by molar-refractivity contribution is 5.81. The third-order valence-electron chi connectivity index (χ3n) is 3.88. The van der Waals surface area contributed by atoms with Crippen molar-refractivity contribution in [2.24, 2.45) is 5.92 Å². The van der Waals surface area contributed by atoms with Crippen molar-refractivity contribution in [3.05, 3.63) is 35.4 Å². The lowest BCUT2D eigenvalue weighted by atomic mass is 9.86. The first kappa shape index (κ1) is 14.6. The Bertz CT molecular complexity index is 530. The van der Waals surface area contributed by atoms with Crippen LogP contribution in [0.1, 0.15) is 50.8 Å². The Hall–Kier alpha value is -1.82. The van der Waals surface area contributed by atoms with Crippen LogP contribution in [0.5, 0.6) is 0 Å². The van der Waals surface area contributed by atoms with E-state index >= 15 is 0 Å². The van der Waals surface area contributed by atoms with Crippen molar-refractivity contribution in [1.82, 2.24) is 4.90 Å². The SMILES string of the molecule is CN(C(=O)C1CC1)C(C#N)c1ccc(C(C)(C)C)cc1. The van der Waals surface area contributed by atoms with Gasteiger partial charge in [-0.05, 0) is 29.4 Å². The highest BCUT2D eigenvalue weighted by Gasteiger charge is 2.35. The first-order valence-corrected chi connectivity index (χ1v) is 7.11. The van der Waals surface area contributed by atoms with E-state index in [1.165, 1.54) is 5.56 Å². The molecule has 20 heavy (non-hydrogen) atoms. The van der Waals surface area contributed by atoms with Gasteiger partial charge in [0.2, 0.25) is 5.91 Å². The Labute approximate surface area is 121 Å². The second kappa shape index (κ2) is 5.28. The Balaban J connectivity index is 2.19. The highest BCUT2D eigenvalue weighted by Crippen LogP contribution is 2.33. The summed E-state index contributed by atoms with van der Waals surface area (Å²) in [6, 6.07) is 9.78. The number of nitrogens with zero attached hydrogens (tertiary/aromatic N) is 2. The molecule has 1 amide bonds. The Kier molecular flexibility index (Phi) is 3.85. The molecule has 0 heterocycles. The topological polar surface area (TPSA) is 44.1 Å². The fourth-order valence-electron chi connectivity index (χ4n) is 2.30. The van der Waals surface area contributed by atoms with Crippen LogP contribution in [0.4, 0.5) is 0 Å². The van der Waals surface area contributed by atoms with Gasteiger partial charge in [-0.1, -0.05) is 45.0 Å². The first-order chi connectivity index (χ1) is 9.34. The van der Waals surface area contributed by atoms with Gasteiger partial charge in [-0.3, -0.25) is 4.79 Å². The van der Waals surface area contributed by atoms with Gasteiger partial charge in [-0.25, -0.2) is 0 Å². The number of amides is 1. The van der Waals surface area contributed by atoms with E-state index in [0.717, 1.165) is 18.4 Å². The van der Waals surface area contributed by atoms with Gasteiger partial charge < -0.3 is 4.90 Å². The van der Waals surface area contributed by atoms with Gasteiger partial charge in [-0.15, -0.1) is 0 Å². The highest BCUT2D eigenvalue weighted by atomic mass is 16.2. The number of benzene rings is 1. The molecule has 0 aromatic heterocycles. The molecule has 1 unspecified atom stereocenters. The molecule has 3 nitrogen and oxygen atoms in total. The minimum absolute atomic E-state index is 0.0937. The van der Waals surface area contributed by atoms with Crippen LogP contribution in [-0.2, 0) is 10.2 Å². The average molecular weight is 270 g/mol. The van der Waals surface area contributed by atoms with Crippen molar-refractivity contribution in [3.63, 3.8) is 0 Å². The van der Waals surface area contributed by atoms with Crippen LogP contribution in [0.3, 0.4) is 0 Å². The summed E-state index contributed by atoms with van der Waals surface area (Å²) in [5, 5.41) is 9.39. The summed E-state index contributed by atoms with van der Waals surface area (Å²) in [4.78, 5) is 13.7. The smallest absolute Gasteiger partial charge is 0.226 e. The number of carbonyl (C=O) groups is 1. The molecule has 1 atom stereocenters. The minimum atomic E-state index is -0.489. The maximum atomic E-state index is 12.1. The van der Waals surface area contributed by atoms with Crippen LogP contribution in [0.2, 0.25) is 0 Å². The lowest BCUT2D eigenvalue weighted by Gasteiger charge is -2.24. The zero-order valence-electron chi connectivity index (χ0n) is 12.7. The zero-order valence-corrected chi connectivity index (χ0v) is 12.7. The molecule has 3 heteroatoms. The second-order valence-electron chi connectivity index (χ2n) is 6.63. The van der Waals surface area contributed by atoms with Gasteiger partial charge in [0.1, 0.15) is 6.04 Å². The number of carbonyl (C=O) groups excluding carboxylic acids is 1. The lowest BCUT2D eigenvalue weighted by molar-refractivity contribution is -0.132. The third kappa shape index (κ3) is 3.01. The lowest BCUT2D eigenvalue weighted by Crippen LogP contribution is -2.31. The third-order valence-corrected chi connectivity index (χ3v) is 3.88. The van der Waals surface area contributed by atoms with E-state index in [0.29, 0.717) is 0 Å². The molecule has 2 rings (SSSR count). The Morgan fingerprint density at radius 1 is 1.30 bits per heavy atom. The molecule has 1 aromatic carbocycles. The number of nitriles is 1. The predicted molar refractivity (Wildman–Crippen MR) is 79.0 cm³/mol. The molecular formula is C17H22N2O. The maximum Gasteiger partial charge on any atom is 0.226 e. The molecule has 1 aliphatic rings. The summed E-state index contributed by atoms with van der Waals surface area (Å²) < 4.78 is 0. The minimum Gasteiger partial charge on any atom is -0.326 e. The van der Waals surface area contributed by atoms with Crippen molar-refractivity contribution < 1.29 is 4.79 Å². The second-order valence-corrected chi connectivity index (χ2v) is 6.63. The summed E-state index contributed by atoms with van der Waals surface area (Å²) in [5.41, 5.74) is 2.21. The summed E-state index contributed by atoms with van der Waals surface area (Å²) in [7, 11) is 1.73. The van der Waals surface area contributed by atoms with Crippen LogP contribution in [-0.4, -0.2) is 17.9 Å². The molecular weight excluding hydrogens is 248 g/mol. The standard InChI is InChI=1S/C17H22N2O/c1-17(2,3)14-9-7-12(8-10-14)15(11-18)19(4)16(20)13-5-6-13/h7-10,13,15H,5-6H2,1-4H3. The summed E-state index contributed by atoms with van der Waals surface area (Å²) >= 11 is 0. The Morgan fingerprint density at radius 3 is 2.25 bits per heavy atom. The first-order valence-electron chi connectivity index (χ1n) is 7.11. The van der Waals surface area contributed by atoms with E-state index in [-0.39, 0.29) is 17.2 Å². The van der Waals surface area contributed by atoms with Crippen LogP contribution in [0.15, 0.2) is 24.3 Å². The van der Waals surface area contributed by atoms with Gasteiger partial charge in [0.05, 0.1) is 6.07 Å². The van der Waals surface area contributed by atoms with Crippen molar-refractivity contribution in [2.75, 3.05) is 7.05 Å². The van der Waals surface area contributed by atoms with E-state index in [2.05, 4.69) is 39.0 Å². The fraction of sp³-hybridized carbons (Fsp3) is 0.529. The van der Waals surface area contributed by atoms with E-state index in [1.807, 2.05) is 12.1 Å². The van der Waals surface area contributed by atoms with Gasteiger partial charge in [0.15, 0.2) is 0 Å². The number of hydrogen-bond acceptors (Lipinski definition) is 2. The average Bonchev–Trinajstić information content (AvgIpc) is 3.22. The Morgan fingerprint density at radius 2 is 1.85 bits per heavy atom. The number of hydrogen-bond donors (Lipinski definition) is 0. The maximum absolute atomic E-state index is 12.1. The molecule has 0 bridgehead atoms. The summed E-state index contributed by atoms with van der Waals surface area (Å²) in [5.74, 6) is 0.237. The number of rotatable bonds is 3. The molecule has 1 aliphatic carbocycles. The van der Waals surface area contributed by atoms with Gasteiger partial charge >= 0.3 is 0 Å². The predicted octanol–water partition coefficient (Wildman–Crippen LogP) is 3.42. The molecule has 1 fully saturated rings. The molecule has 0 radical (unpaired) electrons. The molecule has 0 saturated heterocycles. The van der Waals surface area contributed by atoms with Crippen LogP contribution in [0.25, 0.3) is 0 Å². The molecule has 1 aromatic rings. The quantitative estimate of drug-likeness (QED) is 0.844. The zero-order chi connectivity index (χ0) is 14.9.